The van der Waals surface area contributed by atoms with E-state index >= 15 is 0 Å². The second kappa shape index (κ2) is 5.88. The minimum absolute atomic E-state index is 0.639. The lowest BCUT2D eigenvalue weighted by Gasteiger charge is -2.28. The van der Waals surface area contributed by atoms with Crippen LogP contribution in [0.3, 0.4) is 0 Å². The molecule has 1 aromatic heterocycles. The molecule has 4 rings (SSSR count). The van der Waals surface area contributed by atoms with Crippen molar-refractivity contribution in [1.82, 2.24) is 9.36 Å². The molecule has 0 spiro atoms. The van der Waals surface area contributed by atoms with Gasteiger partial charge in [-0.25, -0.2) is 4.98 Å². The molecule has 0 bridgehead atoms. The summed E-state index contributed by atoms with van der Waals surface area (Å²) in [4.78, 5) is 7.10. The van der Waals surface area contributed by atoms with E-state index in [0.29, 0.717) is 5.92 Å². The molecule has 2 aliphatic rings. The minimum atomic E-state index is 0.639. The van der Waals surface area contributed by atoms with Crippen LogP contribution in [0.25, 0.3) is 0 Å². The Morgan fingerprint density at radius 2 is 2.23 bits per heavy atom. The van der Waals surface area contributed by atoms with Gasteiger partial charge in [0.2, 0.25) is 5.13 Å². The Kier molecular flexibility index (Phi) is 3.74. The molecule has 1 aromatic carbocycles. The van der Waals surface area contributed by atoms with Crippen molar-refractivity contribution >= 4 is 16.7 Å². The van der Waals surface area contributed by atoms with Crippen LogP contribution >= 0.6 is 11.5 Å². The van der Waals surface area contributed by atoms with Crippen molar-refractivity contribution < 1.29 is 4.74 Å². The smallest absolute Gasteiger partial charge is 0.205 e. The quantitative estimate of drug-likeness (QED) is 0.842. The van der Waals surface area contributed by atoms with Gasteiger partial charge in [-0.05, 0) is 48.9 Å². The van der Waals surface area contributed by atoms with Gasteiger partial charge < -0.3 is 9.64 Å². The lowest BCUT2D eigenvalue weighted by Crippen LogP contribution is -2.30. The summed E-state index contributed by atoms with van der Waals surface area (Å²) < 4.78 is 10.3. The third-order valence-electron chi connectivity index (χ3n) is 4.31. The first kappa shape index (κ1) is 14.0. The van der Waals surface area contributed by atoms with Crippen LogP contribution in [0.5, 0.6) is 5.75 Å². The van der Waals surface area contributed by atoms with E-state index in [0.717, 1.165) is 49.2 Å². The van der Waals surface area contributed by atoms with Gasteiger partial charge in [0.1, 0.15) is 11.6 Å². The van der Waals surface area contributed by atoms with E-state index in [4.69, 9.17) is 9.72 Å². The predicted octanol–water partition coefficient (Wildman–Crippen LogP) is 3.77. The molecule has 0 saturated heterocycles. The zero-order chi connectivity index (χ0) is 14.9. The third kappa shape index (κ3) is 2.82. The maximum Gasteiger partial charge on any atom is 0.205 e. The van der Waals surface area contributed by atoms with Crippen LogP contribution in [-0.2, 0) is 13.0 Å². The summed E-state index contributed by atoms with van der Waals surface area (Å²) in [6.45, 7) is 4.88. The average molecular weight is 315 g/mol. The summed E-state index contributed by atoms with van der Waals surface area (Å²) in [5, 5.41) is 1.08. The number of aromatic nitrogens is 2. The second-order valence-electron chi connectivity index (χ2n) is 6.16. The molecule has 5 heteroatoms. The van der Waals surface area contributed by atoms with Crippen molar-refractivity contribution in [2.45, 2.75) is 45.1 Å². The molecule has 1 saturated carbocycles. The highest BCUT2D eigenvalue weighted by molar-refractivity contribution is 7.09. The SMILES string of the molecule is CCCOc1ccc2c(c1)CCN(c1nc(C3CC3)ns1)C2. The number of rotatable bonds is 5. The molecule has 0 N–H and O–H groups in total. The highest BCUT2D eigenvalue weighted by Gasteiger charge is 2.29. The number of ether oxygens (including phenoxy) is 1. The topological polar surface area (TPSA) is 38.2 Å². The molecule has 1 aliphatic carbocycles. The summed E-state index contributed by atoms with van der Waals surface area (Å²) in [5.74, 6) is 2.70. The Balaban J connectivity index is 1.48. The summed E-state index contributed by atoms with van der Waals surface area (Å²) >= 11 is 1.55. The van der Waals surface area contributed by atoms with Crippen molar-refractivity contribution in [3.05, 3.63) is 35.2 Å². The van der Waals surface area contributed by atoms with Crippen molar-refractivity contribution in [3.63, 3.8) is 0 Å². The number of hydrogen-bond donors (Lipinski definition) is 0. The first-order valence-corrected chi connectivity index (χ1v) is 8.94. The minimum Gasteiger partial charge on any atom is -0.494 e. The Morgan fingerprint density at radius 3 is 3.05 bits per heavy atom. The van der Waals surface area contributed by atoms with E-state index < -0.39 is 0 Å². The zero-order valence-corrected chi connectivity index (χ0v) is 13.7. The molecular formula is C17H21N3OS. The predicted molar refractivity (Wildman–Crippen MR) is 88.9 cm³/mol. The van der Waals surface area contributed by atoms with E-state index in [1.165, 1.54) is 24.0 Å². The molecule has 1 fully saturated rings. The maximum absolute atomic E-state index is 5.74. The maximum atomic E-state index is 5.74. The fourth-order valence-corrected chi connectivity index (χ4v) is 3.64. The van der Waals surface area contributed by atoms with Crippen LogP contribution in [0.2, 0.25) is 0 Å². The van der Waals surface area contributed by atoms with Gasteiger partial charge in [0, 0.05) is 30.5 Å². The summed E-state index contributed by atoms with van der Waals surface area (Å²) in [6.07, 6.45) is 4.63. The Morgan fingerprint density at radius 1 is 1.32 bits per heavy atom. The van der Waals surface area contributed by atoms with Gasteiger partial charge in [0.05, 0.1) is 6.61 Å². The largest absolute Gasteiger partial charge is 0.494 e. The average Bonchev–Trinajstić information content (AvgIpc) is 3.29. The normalized spacial score (nSPS) is 17.4. The van der Waals surface area contributed by atoms with E-state index in [-0.39, 0.29) is 0 Å². The van der Waals surface area contributed by atoms with E-state index in [1.54, 1.807) is 11.5 Å². The second-order valence-corrected chi connectivity index (χ2v) is 6.89. The fourth-order valence-electron chi connectivity index (χ4n) is 2.86. The molecular weight excluding hydrogens is 294 g/mol. The van der Waals surface area contributed by atoms with Crippen LogP contribution < -0.4 is 9.64 Å². The summed E-state index contributed by atoms with van der Waals surface area (Å²) in [7, 11) is 0. The Labute approximate surface area is 135 Å². The molecule has 4 nitrogen and oxygen atoms in total. The number of benzene rings is 1. The van der Waals surface area contributed by atoms with Gasteiger partial charge in [-0.2, -0.15) is 4.37 Å². The monoisotopic (exact) mass is 315 g/mol. The molecule has 2 aromatic rings. The highest BCUT2D eigenvalue weighted by Crippen LogP contribution is 2.40. The summed E-state index contributed by atoms with van der Waals surface area (Å²) in [5.41, 5.74) is 2.80. The van der Waals surface area contributed by atoms with Crippen LogP contribution in [-0.4, -0.2) is 22.5 Å². The fraction of sp³-hybridized carbons (Fsp3) is 0.529. The standard InChI is InChI=1S/C17H21N3OS/c1-2-9-21-15-6-5-14-11-20(8-7-13(14)10-15)17-18-16(19-22-17)12-3-4-12/h5-6,10,12H,2-4,7-9,11H2,1H3. The van der Waals surface area contributed by atoms with Crippen LogP contribution in [0.4, 0.5) is 5.13 Å². The number of fused-ring (bicyclic) bond motifs is 1. The zero-order valence-electron chi connectivity index (χ0n) is 12.9. The lowest BCUT2D eigenvalue weighted by molar-refractivity contribution is 0.317. The molecule has 0 amide bonds. The van der Waals surface area contributed by atoms with Gasteiger partial charge in [-0.1, -0.05) is 13.0 Å². The first-order valence-electron chi connectivity index (χ1n) is 8.16. The molecule has 0 radical (unpaired) electrons. The lowest BCUT2D eigenvalue weighted by atomic mass is 10.00. The van der Waals surface area contributed by atoms with E-state index in [2.05, 4.69) is 34.4 Å². The van der Waals surface area contributed by atoms with Gasteiger partial charge in [0.25, 0.3) is 0 Å². The Hall–Kier alpha value is -1.62. The van der Waals surface area contributed by atoms with Crippen LogP contribution in [0, 0.1) is 0 Å². The third-order valence-corrected chi connectivity index (χ3v) is 5.10. The van der Waals surface area contributed by atoms with Crippen molar-refractivity contribution in [2.24, 2.45) is 0 Å². The van der Waals surface area contributed by atoms with Gasteiger partial charge in [-0.3, -0.25) is 0 Å². The molecule has 116 valence electrons. The van der Waals surface area contributed by atoms with Crippen molar-refractivity contribution in [3.8, 4) is 5.75 Å². The van der Waals surface area contributed by atoms with E-state index in [1.807, 2.05) is 0 Å². The number of hydrogen-bond acceptors (Lipinski definition) is 5. The van der Waals surface area contributed by atoms with Gasteiger partial charge >= 0.3 is 0 Å². The van der Waals surface area contributed by atoms with Gasteiger partial charge in [-0.15, -0.1) is 0 Å². The molecule has 2 heterocycles. The number of nitrogens with zero attached hydrogens (tertiary/aromatic N) is 3. The molecule has 0 atom stereocenters. The van der Waals surface area contributed by atoms with Crippen LogP contribution in [0.15, 0.2) is 18.2 Å². The van der Waals surface area contributed by atoms with Crippen molar-refractivity contribution in [2.75, 3.05) is 18.1 Å². The van der Waals surface area contributed by atoms with Crippen LogP contribution in [0.1, 0.15) is 49.1 Å². The Bertz CT molecular complexity index is 666. The number of anilines is 1. The molecule has 0 unspecified atom stereocenters. The molecule has 22 heavy (non-hydrogen) atoms. The van der Waals surface area contributed by atoms with Crippen molar-refractivity contribution in [1.29, 1.82) is 0 Å². The first-order chi connectivity index (χ1) is 10.8. The summed E-state index contributed by atoms with van der Waals surface area (Å²) in [6, 6.07) is 6.50. The van der Waals surface area contributed by atoms with Gasteiger partial charge in [0.15, 0.2) is 0 Å². The van der Waals surface area contributed by atoms with E-state index in [9.17, 15) is 0 Å². The molecule has 1 aliphatic heterocycles. The highest BCUT2D eigenvalue weighted by atomic mass is 32.1.